The van der Waals surface area contributed by atoms with E-state index in [0.717, 1.165) is 41.8 Å². The van der Waals surface area contributed by atoms with Crippen LogP contribution in [0.3, 0.4) is 0 Å². The Labute approximate surface area is 156 Å². The molecule has 0 saturated carbocycles. The van der Waals surface area contributed by atoms with Gasteiger partial charge in [0.2, 0.25) is 5.65 Å². The van der Waals surface area contributed by atoms with E-state index in [1.807, 2.05) is 34.9 Å². The van der Waals surface area contributed by atoms with Crippen LogP contribution in [-0.2, 0) is 12.0 Å². The predicted molar refractivity (Wildman–Crippen MR) is 106 cm³/mol. The van der Waals surface area contributed by atoms with E-state index in [9.17, 15) is 4.79 Å². The van der Waals surface area contributed by atoms with E-state index in [1.165, 1.54) is 5.56 Å². The lowest BCUT2D eigenvalue weighted by Gasteiger charge is -2.27. The summed E-state index contributed by atoms with van der Waals surface area (Å²) in [5.41, 5.74) is 11.7. The Morgan fingerprint density at radius 3 is 2.70 bits per heavy atom. The SMILES string of the molecule is NC1(CCCc2ccccc2)c2ccccc2-c2[nH]c(=O)c3nccn3c21. The maximum Gasteiger partial charge on any atom is 0.292 e. The lowest BCUT2D eigenvalue weighted by atomic mass is 9.85. The third-order valence-electron chi connectivity index (χ3n) is 5.54. The van der Waals surface area contributed by atoms with Gasteiger partial charge >= 0.3 is 0 Å². The summed E-state index contributed by atoms with van der Waals surface area (Å²) in [6.07, 6.45) is 6.18. The highest BCUT2D eigenvalue weighted by atomic mass is 16.1. The summed E-state index contributed by atoms with van der Waals surface area (Å²) in [7, 11) is 0. The van der Waals surface area contributed by atoms with E-state index in [4.69, 9.17) is 5.73 Å². The molecule has 5 rings (SSSR count). The number of benzene rings is 2. The maximum atomic E-state index is 12.4. The van der Waals surface area contributed by atoms with Crippen molar-refractivity contribution in [3.05, 3.63) is 94.2 Å². The molecule has 5 nitrogen and oxygen atoms in total. The molecule has 1 atom stereocenters. The zero-order valence-corrected chi connectivity index (χ0v) is 14.9. The molecule has 5 heteroatoms. The molecule has 0 amide bonds. The van der Waals surface area contributed by atoms with E-state index in [-0.39, 0.29) is 5.56 Å². The third kappa shape index (κ3) is 2.35. The van der Waals surface area contributed by atoms with Crippen LogP contribution in [0.15, 0.2) is 71.8 Å². The molecular formula is C22H20N4O. The Bertz CT molecular complexity index is 1190. The van der Waals surface area contributed by atoms with Crippen molar-refractivity contribution in [2.75, 3.05) is 0 Å². The van der Waals surface area contributed by atoms with Gasteiger partial charge < -0.3 is 10.7 Å². The summed E-state index contributed by atoms with van der Waals surface area (Å²) in [5, 5.41) is 0. The highest BCUT2D eigenvalue weighted by Gasteiger charge is 2.42. The van der Waals surface area contributed by atoms with Gasteiger partial charge in [-0.2, -0.15) is 0 Å². The van der Waals surface area contributed by atoms with Gasteiger partial charge in [0.25, 0.3) is 5.56 Å². The molecule has 27 heavy (non-hydrogen) atoms. The van der Waals surface area contributed by atoms with Gasteiger partial charge in [0.15, 0.2) is 0 Å². The quantitative estimate of drug-likeness (QED) is 0.589. The lowest BCUT2D eigenvalue weighted by molar-refractivity contribution is 0.466. The number of nitrogens with one attached hydrogen (secondary N) is 1. The van der Waals surface area contributed by atoms with Crippen molar-refractivity contribution >= 4 is 5.65 Å². The maximum absolute atomic E-state index is 12.4. The molecule has 0 radical (unpaired) electrons. The Kier molecular flexibility index (Phi) is 3.52. The van der Waals surface area contributed by atoms with Crippen LogP contribution in [0.25, 0.3) is 16.9 Å². The van der Waals surface area contributed by atoms with E-state index in [0.29, 0.717) is 5.65 Å². The van der Waals surface area contributed by atoms with Crippen molar-refractivity contribution in [3.63, 3.8) is 0 Å². The van der Waals surface area contributed by atoms with Crippen LogP contribution in [0.5, 0.6) is 0 Å². The summed E-state index contributed by atoms with van der Waals surface area (Å²) in [5.74, 6) is 0. The number of imidazole rings is 1. The summed E-state index contributed by atoms with van der Waals surface area (Å²) >= 11 is 0. The minimum Gasteiger partial charge on any atom is -0.317 e. The molecule has 134 valence electrons. The number of nitrogens with zero attached hydrogens (tertiary/aromatic N) is 2. The zero-order chi connectivity index (χ0) is 18.4. The van der Waals surface area contributed by atoms with Crippen molar-refractivity contribution in [1.82, 2.24) is 14.4 Å². The van der Waals surface area contributed by atoms with Gasteiger partial charge in [-0.3, -0.25) is 9.20 Å². The fraction of sp³-hybridized carbons (Fsp3) is 0.182. The van der Waals surface area contributed by atoms with E-state index in [2.05, 4.69) is 40.3 Å². The number of nitrogens with two attached hydrogens (primary N) is 1. The number of H-pyrrole nitrogens is 1. The van der Waals surface area contributed by atoms with Gasteiger partial charge in [-0.15, -0.1) is 0 Å². The smallest absolute Gasteiger partial charge is 0.292 e. The van der Waals surface area contributed by atoms with E-state index < -0.39 is 5.54 Å². The monoisotopic (exact) mass is 356 g/mol. The molecule has 1 aliphatic rings. The summed E-state index contributed by atoms with van der Waals surface area (Å²) in [4.78, 5) is 19.7. The molecule has 0 bridgehead atoms. The van der Waals surface area contributed by atoms with E-state index >= 15 is 0 Å². The van der Waals surface area contributed by atoms with Crippen LogP contribution in [0, 0.1) is 0 Å². The molecule has 1 aliphatic carbocycles. The van der Waals surface area contributed by atoms with Crippen molar-refractivity contribution in [3.8, 4) is 11.3 Å². The van der Waals surface area contributed by atoms with Crippen LogP contribution in [0.2, 0.25) is 0 Å². The molecule has 1 unspecified atom stereocenters. The van der Waals surface area contributed by atoms with Crippen LogP contribution in [0.1, 0.15) is 29.7 Å². The number of hydrogen-bond acceptors (Lipinski definition) is 3. The predicted octanol–water partition coefficient (Wildman–Crippen LogP) is 3.23. The summed E-state index contributed by atoms with van der Waals surface area (Å²) < 4.78 is 1.86. The zero-order valence-electron chi connectivity index (χ0n) is 14.9. The minimum atomic E-state index is -0.663. The second kappa shape index (κ2) is 5.93. The first kappa shape index (κ1) is 16.0. The average Bonchev–Trinajstić information content (AvgIpc) is 3.26. The molecule has 2 heterocycles. The number of aryl methyl sites for hydroxylation is 1. The van der Waals surface area contributed by atoms with Gasteiger partial charge in [-0.1, -0.05) is 54.6 Å². The number of aromatic nitrogens is 3. The van der Waals surface area contributed by atoms with Gasteiger partial charge in [0.05, 0.1) is 16.9 Å². The first-order valence-corrected chi connectivity index (χ1v) is 9.21. The Morgan fingerprint density at radius 2 is 1.85 bits per heavy atom. The number of rotatable bonds is 4. The summed E-state index contributed by atoms with van der Waals surface area (Å²) in [6, 6.07) is 18.5. The Morgan fingerprint density at radius 1 is 1.07 bits per heavy atom. The molecule has 2 aromatic carbocycles. The Balaban J connectivity index is 1.62. The largest absolute Gasteiger partial charge is 0.317 e. The molecule has 3 N–H and O–H groups in total. The topological polar surface area (TPSA) is 76.2 Å². The second-order valence-corrected chi connectivity index (χ2v) is 7.15. The number of fused-ring (bicyclic) bond motifs is 5. The molecule has 4 aromatic rings. The number of aromatic amines is 1. The van der Waals surface area contributed by atoms with Crippen LogP contribution in [-0.4, -0.2) is 14.4 Å². The molecule has 0 spiro atoms. The van der Waals surface area contributed by atoms with Gasteiger partial charge in [0, 0.05) is 18.0 Å². The van der Waals surface area contributed by atoms with Crippen LogP contribution < -0.4 is 11.3 Å². The van der Waals surface area contributed by atoms with Crippen molar-refractivity contribution < 1.29 is 0 Å². The highest BCUT2D eigenvalue weighted by Crippen LogP contribution is 2.46. The van der Waals surface area contributed by atoms with Gasteiger partial charge in [-0.05, 0) is 30.4 Å². The van der Waals surface area contributed by atoms with Gasteiger partial charge in [0.1, 0.15) is 0 Å². The average molecular weight is 356 g/mol. The first-order valence-electron chi connectivity index (χ1n) is 9.21. The fourth-order valence-electron chi connectivity index (χ4n) is 4.32. The molecular weight excluding hydrogens is 336 g/mol. The van der Waals surface area contributed by atoms with Gasteiger partial charge in [-0.25, -0.2) is 4.98 Å². The first-order chi connectivity index (χ1) is 13.2. The minimum absolute atomic E-state index is 0.193. The third-order valence-corrected chi connectivity index (χ3v) is 5.54. The standard InChI is InChI=1S/C22H20N4O/c23-22(12-6-9-15-7-2-1-3-8-15)17-11-5-4-10-16(17)18-19(22)26-14-13-24-20(26)21(27)25-18/h1-5,7-8,10-11,13-14H,6,9,12,23H2,(H,25,27). The van der Waals surface area contributed by atoms with Crippen LogP contribution in [0.4, 0.5) is 0 Å². The molecule has 2 aromatic heterocycles. The van der Waals surface area contributed by atoms with Crippen molar-refractivity contribution in [2.45, 2.75) is 24.8 Å². The second-order valence-electron chi connectivity index (χ2n) is 7.15. The normalized spacial score (nSPS) is 17.8. The Hall–Kier alpha value is -3.18. The number of hydrogen-bond donors (Lipinski definition) is 2. The van der Waals surface area contributed by atoms with Crippen LogP contribution >= 0.6 is 0 Å². The summed E-state index contributed by atoms with van der Waals surface area (Å²) in [6.45, 7) is 0. The molecule has 0 fully saturated rings. The molecule has 0 saturated heterocycles. The van der Waals surface area contributed by atoms with E-state index in [1.54, 1.807) is 6.20 Å². The van der Waals surface area contributed by atoms with Crippen molar-refractivity contribution in [1.29, 1.82) is 0 Å². The lowest BCUT2D eigenvalue weighted by Crippen LogP contribution is -2.38. The molecule has 0 aliphatic heterocycles. The highest BCUT2D eigenvalue weighted by molar-refractivity contribution is 5.77. The fourth-order valence-corrected chi connectivity index (χ4v) is 4.32. The van der Waals surface area contributed by atoms with Crippen molar-refractivity contribution in [2.24, 2.45) is 5.73 Å².